The Bertz CT molecular complexity index is 469. The number of hydrogen-bond acceptors (Lipinski definition) is 1. The van der Waals surface area contributed by atoms with Crippen LogP contribution in [0, 0.1) is 13.3 Å². The minimum absolute atomic E-state index is 0.0458. The molecule has 0 atom stereocenters. The van der Waals surface area contributed by atoms with Crippen molar-refractivity contribution in [1.29, 1.82) is 0 Å². The molecular formula is C15H13O. The van der Waals surface area contributed by atoms with Crippen molar-refractivity contribution in [2.24, 2.45) is 0 Å². The van der Waals surface area contributed by atoms with E-state index in [-0.39, 0.29) is 5.78 Å². The zero-order chi connectivity index (χ0) is 11.4. The van der Waals surface area contributed by atoms with Gasteiger partial charge in [0.2, 0.25) is 0 Å². The van der Waals surface area contributed by atoms with Crippen LogP contribution in [0.2, 0.25) is 0 Å². The molecule has 0 saturated heterocycles. The second-order valence-corrected chi connectivity index (χ2v) is 3.79. The van der Waals surface area contributed by atoms with Gasteiger partial charge in [-0.25, -0.2) is 0 Å². The van der Waals surface area contributed by atoms with Crippen molar-refractivity contribution in [1.82, 2.24) is 0 Å². The minimum Gasteiger partial charge on any atom is -0.293 e. The lowest BCUT2D eigenvalue weighted by Crippen LogP contribution is -2.00. The summed E-state index contributed by atoms with van der Waals surface area (Å²) in [7, 11) is 0. The van der Waals surface area contributed by atoms with Crippen molar-refractivity contribution in [3.8, 4) is 0 Å². The number of ketones is 1. The predicted octanol–water partition coefficient (Wildman–Crippen LogP) is 3.43. The van der Waals surface area contributed by atoms with Crippen LogP contribution in [0.4, 0.5) is 0 Å². The first-order chi connectivity index (χ1) is 7.75. The molecule has 2 aromatic rings. The number of Topliss-reactive ketones (excluding diaryl/α,β-unsaturated/α-hetero) is 1. The Morgan fingerprint density at radius 2 is 1.56 bits per heavy atom. The highest BCUT2D eigenvalue weighted by molar-refractivity contribution is 6.04. The van der Waals surface area contributed by atoms with Gasteiger partial charge in [-0.3, -0.25) is 4.79 Å². The molecule has 0 unspecified atom stereocenters. The Labute approximate surface area is 95.7 Å². The van der Waals surface area contributed by atoms with E-state index in [0.717, 1.165) is 11.1 Å². The largest absolute Gasteiger partial charge is 0.293 e. The molecule has 79 valence electrons. The number of hydrogen-bond donors (Lipinski definition) is 0. The average molecular weight is 209 g/mol. The molecule has 0 amide bonds. The first-order valence-electron chi connectivity index (χ1n) is 5.26. The van der Waals surface area contributed by atoms with Gasteiger partial charge in [0.25, 0.3) is 0 Å². The Morgan fingerprint density at radius 3 is 2.19 bits per heavy atom. The van der Waals surface area contributed by atoms with Gasteiger partial charge in [-0.15, -0.1) is 0 Å². The summed E-state index contributed by atoms with van der Waals surface area (Å²) in [5.41, 5.74) is 2.87. The van der Waals surface area contributed by atoms with Crippen LogP contribution in [0.1, 0.15) is 21.5 Å². The maximum atomic E-state index is 11.8. The van der Waals surface area contributed by atoms with Crippen molar-refractivity contribution < 1.29 is 4.79 Å². The first-order valence-corrected chi connectivity index (χ1v) is 5.26. The molecule has 0 fully saturated rings. The summed E-state index contributed by atoms with van der Waals surface area (Å²) < 4.78 is 0. The zero-order valence-corrected chi connectivity index (χ0v) is 9.18. The Kier molecular flexibility index (Phi) is 3.16. The van der Waals surface area contributed by atoms with E-state index >= 15 is 0 Å². The lowest BCUT2D eigenvalue weighted by molar-refractivity contribution is 0.103. The Hall–Kier alpha value is -1.89. The van der Waals surface area contributed by atoms with Crippen molar-refractivity contribution in [3.63, 3.8) is 0 Å². The SMILES string of the molecule is Cc1ccc([CH]C(=O)c2ccccc2)cc1. The van der Waals surface area contributed by atoms with Crippen molar-refractivity contribution in [2.75, 3.05) is 0 Å². The van der Waals surface area contributed by atoms with Gasteiger partial charge in [-0.1, -0.05) is 60.2 Å². The van der Waals surface area contributed by atoms with Gasteiger partial charge < -0.3 is 0 Å². The van der Waals surface area contributed by atoms with Crippen LogP contribution in [0.3, 0.4) is 0 Å². The van der Waals surface area contributed by atoms with Gasteiger partial charge in [-0.2, -0.15) is 0 Å². The molecule has 1 nitrogen and oxygen atoms in total. The van der Waals surface area contributed by atoms with E-state index < -0.39 is 0 Å². The summed E-state index contributed by atoms with van der Waals surface area (Å²) in [6.45, 7) is 2.03. The third-order valence-electron chi connectivity index (χ3n) is 2.43. The minimum atomic E-state index is 0.0458. The van der Waals surface area contributed by atoms with Crippen LogP contribution in [0.25, 0.3) is 0 Å². The van der Waals surface area contributed by atoms with Crippen LogP contribution >= 0.6 is 0 Å². The van der Waals surface area contributed by atoms with Crippen molar-refractivity contribution in [2.45, 2.75) is 6.92 Å². The highest BCUT2D eigenvalue weighted by Crippen LogP contribution is 2.10. The lowest BCUT2D eigenvalue weighted by atomic mass is 10.0. The molecule has 0 spiro atoms. The molecule has 0 N–H and O–H groups in total. The molecule has 1 radical (unpaired) electrons. The molecule has 0 saturated carbocycles. The monoisotopic (exact) mass is 209 g/mol. The van der Waals surface area contributed by atoms with Gasteiger partial charge in [-0.05, 0) is 12.5 Å². The Morgan fingerprint density at radius 1 is 0.938 bits per heavy atom. The van der Waals surface area contributed by atoms with E-state index in [9.17, 15) is 4.79 Å². The normalized spacial score (nSPS) is 10.1. The summed E-state index contributed by atoms with van der Waals surface area (Å²) in [6.07, 6.45) is 1.66. The quantitative estimate of drug-likeness (QED) is 0.708. The molecule has 1 heteroatoms. The molecule has 16 heavy (non-hydrogen) atoms. The van der Waals surface area contributed by atoms with E-state index in [2.05, 4.69) is 0 Å². The fourth-order valence-electron chi connectivity index (χ4n) is 1.50. The highest BCUT2D eigenvalue weighted by atomic mass is 16.1. The molecule has 0 aliphatic heterocycles. The van der Waals surface area contributed by atoms with E-state index in [4.69, 9.17) is 0 Å². The average Bonchev–Trinajstić information content (AvgIpc) is 2.33. The Balaban J connectivity index is 2.11. The summed E-state index contributed by atoms with van der Waals surface area (Å²) in [5, 5.41) is 0. The fraction of sp³-hybridized carbons (Fsp3) is 0.0667. The zero-order valence-electron chi connectivity index (χ0n) is 9.18. The summed E-state index contributed by atoms with van der Waals surface area (Å²) in [4.78, 5) is 11.8. The third kappa shape index (κ3) is 2.57. The van der Waals surface area contributed by atoms with Crippen LogP contribution in [-0.4, -0.2) is 5.78 Å². The molecular weight excluding hydrogens is 196 g/mol. The van der Waals surface area contributed by atoms with E-state index in [1.165, 1.54) is 5.56 Å². The van der Waals surface area contributed by atoms with E-state index in [1.54, 1.807) is 6.42 Å². The molecule has 2 aromatic carbocycles. The van der Waals surface area contributed by atoms with Gasteiger partial charge >= 0.3 is 0 Å². The second kappa shape index (κ2) is 4.75. The maximum absolute atomic E-state index is 11.8. The molecule has 2 rings (SSSR count). The standard InChI is InChI=1S/C15H13O/c1-12-7-9-13(10-8-12)11-15(16)14-5-3-2-4-6-14/h2-11H,1H3. The number of carbonyl (C=O) groups is 1. The maximum Gasteiger partial charge on any atom is 0.171 e. The molecule has 0 heterocycles. The molecule has 0 aromatic heterocycles. The lowest BCUT2D eigenvalue weighted by Gasteiger charge is -2.01. The van der Waals surface area contributed by atoms with Crippen molar-refractivity contribution >= 4 is 5.78 Å². The number of rotatable bonds is 3. The van der Waals surface area contributed by atoms with Crippen molar-refractivity contribution in [3.05, 3.63) is 77.7 Å². The predicted molar refractivity (Wildman–Crippen MR) is 65.4 cm³/mol. The van der Waals surface area contributed by atoms with Crippen LogP contribution in [-0.2, 0) is 0 Å². The molecule has 0 bridgehead atoms. The number of carbonyl (C=O) groups excluding carboxylic acids is 1. The van der Waals surface area contributed by atoms with Crippen LogP contribution in [0.5, 0.6) is 0 Å². The van der Waals surface area contributed by atoms with Gasteiger partial charge in [0.1, 0.15) is 0 Å². The highest BCUT2D eigenvalue weighted by Gasteiger charge is 2.06. The van der Waals surface area contributed by atoms with Gasteiger partial charge in [0, 0.05) is 5.56 Å². The summed E-state index contributed by atoms with van der Waals surface area (Å²) in [5.74, 6) is 0.0458. The van der Waals surface area contributed by atoms with Gasteiger partial charge in [0.05, 0.1) is 6.42 Å². The summed E-state index contributed by atoms with van der Waals surface area (Å²) in [6, 6.07) is 17.2. The first kappa shape index (κ1) is 10.6. The third-order valence-corrected chi connectivity index (χ3v) is 2.43. The number of benzene rings is 2. The van der Waals surface area contributed by atoms with Gasteiger partial charge in [0.15, 0.2) is 5.78 Å². The molecule has 0 aliphatic carbocycles. The second-order valence-electron chi connectivity index (χ2n) is 3.79. The van der Waals surface area contributed by atoms with E-state index in [0.29, 0.717) is 0 Å². The van der Waals surface area contributed by atoms with Crippen LogP contribution < -0.4 is 0 Å². The molecule has 0 aliphatic rings. The summed E-state index contributed by atoms with van der Waals surface area (Å²) >= 11 is 0. The van der Waals surface area contributed by atoms with Crippen LogP contribution in [0.15, 0.2) is 54.6 Å². The van der Waals surface area contributed by atoms with E-state index in [1.807, 2.05) is 61.5 Å². The number of aryl methyl sites for hydroxylation is 1. The smallest absolute Gasteiger partial charge is 0.171 e. The fourth-order valence-corrected chi connectivity index (χ4v) is 1.50. The topological polar surface area (TPSA) is 17.1 Å².